The van der Waals surface area contributed by atoms with Crippen molar-refractivity contribution in [3.8, 4) is 0 Å². The van der Waals surface area contributed by atoms with Crippen molar-refractivity contribution < 1.29 is 5.11 Å². The summed E-state index contributed by atoms with van der Waals surface area (Å²) in [5.41, 5.74) is 5.79. The molecule has 0 unspecified atom stereocenters. The third-order valence-corrected chi connectivity index (χ3v) is 0.758. The van der Waals surface area contributed by atoms with E-state index in [1.54, 1.807) is 6.92 Å². The molecular formula is C5H10ClN3O. The fourth-order valence-corrected chi connectivity index (χ4v) is 0.468. The van der Waals surface area contributed by atoms with Crippen LogP contribution in [0, 0.1) is 0 Å². The highest BCUT2D eigenvalue weighted by molar-refractivity contribution is 6.14. The molecule has 0 saturated carbocycles. The molecule has 0 aliphatic heterocycles. The van der Waals surface area contributed by atoms with Crippen LogP contribution in [0.3, 0.4) is 0 Å². The van der Waals surface area contributed by atoms with Gasteiger partial charge in [0.2, 0.25) is 0 Å². The average Bonchev–Trinajstić information content (AvgIpc) is 2.17. The zero-order chi connectivity index (χ0) is 7.98. The van der Waals surface area contributed by atoms with E-state index >= 15 is 0 Å². The number of aromatic nitrogens is 2. The molecule has 5 heteroatoms. The van der Waals surface area contributed by atoms with Crippen LogP contribution in [0.5, 0.6) is 0 Å². The van der Waals surface area contributed by atoms with Crippen LogP contribution in [0.15, 0.2) is 12.4 Å². The molecule has 3 N–H and O–H groups in total. The fraction of sp³-hybridized carbons (Fsp3) is 0.400. The highest BCUT2D eigenvalue weighted by Crippen LogP contribution is 1.97. The largest absolute Gasteiger partial charge is 0.397 e. The first-order valence-electron chi connectivity index (χ1n) is 2.77. The molecule has 0 aliphatic carbocycles. The smallest absolute Gasteiger partial charge is 0.0734 e. The van der Waals surface area contributed by atoms with E-state index in [1.807, 2.05) is 0 Å². The number of aliphatic hydroxyl groups excluding tert-OH is 1. The topological polar surface area (TPSA) is 64.1 Å². The molecule has 0 radical (unpaired) electrons. The lowest BCUT2D eigenvalue weighted by Gasteiger charge is -1.73. The summed E-state index contributed by atoms with van der Waals surface area (Å²) >= 11 is 5.29. The molecule has 10 heavy (non-hydrogen) atoms. The van der Waals surface area contributed by atoms with Gasteiger partial charge in [-0.25, -0.2) is 0 Å². The highest BCUT2D eigenvalue weighted by atomic mass is 35.5. The van der Waals surface area contributed by atoms with Gasteiger partial charge in [0.05, 0.1) is 18.1 Å². The lowest BCUT2D eigenvalue weighted by Crippen LogP contribution is -1.77. The number of rotatable bonds is 0. The summed E-state index contributed by atoms with van der Waals surface area (Å²) in [6, 6.07) is 0. The standard InChI is InChI=1S/C3H4ClN3.C2H6O/c4-7-2-3(5)1-6-7;1-2-3/h1-2H,5H2;3H,2H2,1H3. The number of nitrogen functional groups attached to an aromatic ring is 1. The SMILES string of the molecule is CCO.Nc1cnn(Cl)c1. The van der Waals surface area contributed by atoms with Crippen LogP contribution in [0.1, 0.15) is 6.92 Å². The van der Waals surface area contributed by atoms with Gasteiger partial charge in [-0.2, -0.15) is 9.30 Å². The molecule has 0 atom stereocenters. The minimum atomic E-state index is 0.250. The Hall–Kier alpha value is -0.740. The van der Waals surface area contributed by atoms with Gasteiger partial charge in [-0.05, 0) is 6.92 Å². The molecule has 0 fully saturated rings. The molecule has 1 rings (SSSR count). The third kappa shape index (κ3) is 4.17. The van der Waals surface area contributed by atoms with Crippen molar-refractivity contribution in [2.24, 2.45) is 0 Å². The van der Waals surface area contributed by atoms with E-state index < -0.39 is 0 Å². The average molecular weight is 164 g/mol. The molecule has 1 heterocycles. The summed E-state index contributed by atoms with van der Waals surface area (Å²) < 4.78 is 1.13. The molecule has 1 aromatic heterocycles. The Kier molecular flexibility index (Phi) is 4.70. The fourth-order valence-electron chi connectivity index (χ4n) is 0.311. The predicted molar refractivity (Wildman–Crippen MR) is 40.7 cm³/mol. The van der Waals surface area contributed by atoms with Crippen molar-refractivity contribution in [3.05, 3.63) is 12.4 Å². The molecule has 1 aromatic rings. The van der Waals surface area contributed by atoms with Crippen LogP contribution in [-0.4, -0.2) is 21.0 Å². The first-order valence-corrected chi connectivity index (χ1v) is 3.11. The second kappa shape index (κ2) is 5.08. The maximum absolute atomic E-state index is 7.57. The van der Waals surface area contributed by atoms with Crippen LogP contribution in [0.4, 0.5) is 5.69 Å². The van der Waals surface area contributed by atoms with Gasteiger partial charge in [-0.1, -0.05) is 0 Å². The minimum absolute atomic E-state index is 0.250. The molecule has 0 aromatic carbocycles. The normalized spacial score (nSPS) is 8.30. The van der Waals surface area contributed by atoms with Gasteiger partial charge >= 0.3 is 0 Å². The predicted octanol–water partition coefficient (Wildman–Crippen LogP) is 0.466. The van der Waals surface area contributed by atoms with Crippen molar-refractivity contribution >= 4 is 17.5 Å². The highest BCUT2D eigenvalue weighted by Gasteiger charge is 1.84. The molecule has 0 bridgehead atoms. The monoisotopic (exact) mass is 163 g/mol. The Bertz CT molecular complexity index is 161. The summed E-state index contributed by atoms with van der Waals surface area (Å²) in [7, 11) is 0. The quantitative estimate of drug-likeness (QED) is 0.584. The lowest BCUT2D eigenvalue weighted by molar-refractivity contribution is 0.318. The number of nitrogens with zero attached hydrogens (tertiary/aromatic N) is 2. The van der Waals surface area contributed by atoms with E-state index in [0.717, 1.165) is 4.20 Å². The van der Waals surface area contributed by atoms with Crippen molar-refractivity contribution in [2.45, 2.75) is 6.92 Å². The van der Waals surface area contributed by atoms with Crippen LogP contribution in [0.2, 0.25) is 0 Å². The third-order valence-electron chi connectivity index (χ3n) is 0.573. The summed E-state index contributed by atoms with van der Waals surface area (Å²) in [5, 5.41) is 11.1. The first kappa shape index (κ1) is 9.26. The Labute approximate surface area is 64.3 Å². The number of hydrogen-bond acceptors (Lipinski definition) is 3. The van der Waals surface area contributed by atoms with E-state index in [2.05, 4.69) is 5.10 Å². The minimum Gasteiger partial charge on any atom is -0.397 e. The second-order valence-corrected chi connectivity index (χ2v) is 1.82. The number of nitrogens with two attached hydrogens (primary N) is 1. The summed E-state index contributed by atoms with van der Waals surface area (Å²) in [4.78, 5) is 0. The van der Waals surface area contributed by atoms with Crippen molar-refractivity contribution in [1.29, 1.82) is 0 Å². The number of aliphatic hydroxyl groups is 1. The summed E-state index contributed by atoms with van der Waals surface area (Å²) in [6.45, 7) is 1.93. The summed E-state index contributed by atoms with van der Waals surface area (Å²) in [5.74, 6) is 0. The molecule has 0 aliphatic rings. The van der Waals surface area contributed by atoms with Crippen molar-refractivity contribution in [3.63, 3.8) is 0 Å². The van der Waals surface area contributed by atoms with E-state index in [9.17, 15) is 0 Å². The zero-order valence-electron chi connectivity index (χ0n) is 5.66. The maximum atomic E-state index is 7.57. The number of halogens is 1. The molecule has 0 saturated heterocycles. The van der Waals surface area contributed by atoms with E-state index in [1.165, 1.54) is 12.4 Å². The Balaban J connectivity index is 0.000000236. The Morgan fingerprint density at radius 1 is 1.90 bits per heavy atom. The summed E-state index contributed by atoms with van der Waals surface area (Å²) in [6.07, 6.45) is 2.99. The van der Waals surface area contributed by atoms with Crippen molar-refractivity contribution in [1.82, 2.24) is 9.30 Å². The van der Waals surface area contributed by atoms with Gasteiger partial charge in [-0.15, -0.1) is 0 Å². The molecule has 0 spiro atoms. The van der Waals surface area contributed by atoms with Gasteiger partial charge in [0.25, 0.3) is 0 Å². The first-order chi connectivity index (χ1) is 4.70. The van der Waals surface area contributed by atoms with Crippen LogP contribution < -0.4 is 5.73 Å². The van der Waals surface area contributed by atoms with Gasteiger partial charge in [0, 0.05) is 18.4 Å². The van der Waals surface area contributed by atoms with E-state index in [4.69, 9.17) is 22.6 Å². The van der Waals surface area contributed by atoms with Gasteiger partial charge in [0.15, 0.2) is 0 Å². The molecule has 4 nitrogen and oxygen atoms in total. The van der Waals surface area contributed by atoms with Crippen molar-refractivity contribution in [2.75, 3.05) is 12.3 Å². The molecule has 58 valence electrons. The maximum Gasteiger partial charge on any atom is 0.0734 e. The zero-order valence-corrected chi connectivity index (χ0v) is 6.41. The number of anilines is 1. The van der Waals surface area contributed by atoms with Gasteiger partial charge < -0.3 is 10.8 Å². The van der Waals surface area contributed by atoms with E-state index in [0.29, 0.717) is 5.69 Å². The van der Waals surface area contributed by atoms with Gasteiger partial charge in [-0.3, -0.25) is 0 Å². The lowest BCUT2D eigenvalue weighted by atomic mass is 10.6. The van der Waals surface area contributed by atoms with Crippen LogP contribution in [-0.2, 0) is 0 Å². The van der Waals surface area contributed by atoms with Gasteiger partial charge in [0.1, 0.15) is 0 Å². The molecule has 0 amide bonds. The van der Waals surface area contributed by atoms with E-state index in [-0.39, 0.29) is 6.61 Å². The number of hydrogen-bond donors (Lipinski definition) is 2. The Morgan fingerprint density at radius 2 is 2.40 bits per heavy atom. The van der Waals surface area contributed by atoms with Crippen LogP contribution >= 0.6 is 11.8 Å². The molecular weight excluding hydrogens is 154 g/mol. The second-order valence-electron chi connectivity index (χ2n) is 1.48. The van der Waals surface area contributed by atoms with Crippen LogP contribution in [0.25, 0.3) is 0 Å². The Morgan fingerprint density at radius 3 is 2.50 bits per heavy atom.